The second-order valence-electron chi connectivity index (χ2n) is 4.99. The number of nitrogens with zero attached hydrogens (tertiary/aromatic N) is 4. The standard InChI is InChI=1S/C13H12Cl2N4O2/c14-10-2-1-8(3-11(10)15)4-18-5-9(6-18)19-7-12(13(20)21)16-17-19/h1-3,7,9H,4-6H2,(H,20,21). The van der Waals surface area contributed by atoms with E-state index in [4.69, 9.17) is 28.3 Å². The summed E-state index contributed by atoms with van der Waals surface area (Å²) in [5.41, 5.74) is 1.06. The minimum absolute atomic E-state index is 0.0297. The summed E-state index contributed by atoms with van der Waals surface area (Å²) in [4.78, 5) is 13.0. The Morgan fingerprint density at radius 1 is 1.33 bits per heavy atom. The summed E-state index contributed by atoms with van der Waals surface area (Å²) >= 11 is 11.9. The molecule has 1 fully saturated rings. The highest BCUT2D eigenvalue weighted by Crippen LogP contribution is 2.26. The molecule has 6 nitrogen and oxygen atoms in total. The molecule has 0 aliphatic carbocycles. The zero-order chi connectivity index (χ0) is 15.0. The molecule has 2 heterocycles. The van der Waals surface area contributed by atoms with E-state index in [-0.39, 0.29) is 11.7 Å². The molecule has 8 heteroatoms. The van der Waals surface area contributed by atoms with Crippen LogP contribution in [0.15, 0.2) is 24.4 Å². The molecule has 0 saturated carbocycles. The first-order chi connectivity index (χ1) is 10.0. The molecule has 110 valence electrons. The fraction of sp³-hybridized carbons (Fsp3) is 0.308. The molecular weight excluding hydrogens is 315 g/mol. The summed E-state index contributed by atoms with van der Waals surface area (Å²) < 4.78 is 1.61. The van der Waals surface area contributed by atoms with Crippen LogP contribution in [0.25, 0.3) is 0 Å². The SMILES string of the molecule is O=C(O)c1cn(C2CN(Cc3ccc(Cl)c(Cl)c3)C2)nn1. The number of hydrogen-bond acceptors (Lipinski definition) is 4. The topological polar surface area (TPSA) is 71.2 Å². The third-order valence-electron chi connectivity index (χ3n) is 3.43. The number of carboxylic acid groups (broad SMARTS) is 1. The lowest BCUT2D eigenvalue weighted by Gasteiger charge is -2.38. The average molecular weight is 327 g/mol. The fourth-order valence-corrected chi connectivity index (χ4v) is 2.61. The lowest BCUT2D eigenvalue weighted by molar-refractivity contribution is 0.0690. The molecule has 1 aromatic carbocycles. The number of hydrogen-bond donors (Lipinski definition) is 1. The Bertz CT molecular complexity index is 683. The Balaban J connectivity index is 1.57. The van der Waals surface area contributed by atoms with E-state index in [1.165, 1.54) is 6.20 Å². The third-order valence-corrected chi connectivity index (χ3v) is 4.17. The van der Waals surface area contributed by atoms with Crippen molar-refractivity contribution in [2.45, 2.75) is 12.6 Å². The largest absolute Gasteiger partial charge is 0.476 e. The molecule has 1 N–H and O–H groups in total. The summed E-state index contributed by atoms with van der Waals surface area (Å²) in [6.07, 6.45) is 1.46. The Hall–Kier alpha value is -1.63. The van der Waals surface area contributed by atoms with Crippen molar-refractivity contribution in [1.29, 1.82) is 0 Å². The molecule has 3 rings (SSSR count). The molecule has 1 aliphatic heterocycles. The minimum atomic E-state index is -1.06. The normalized spacial score (nSPS) is 15.9. The van der Waals surface area contributed by atoms with Crippen molar-refractivity contribution in [1.82, 2.24) is 19.9 Å². The third kappa shape index (κ3) is 3.02. The van der Waals surface area contributed by atoms with Crippen LogP contribution in [-0.2, 0) is 6.54 Å². The van der Waals surface area contributed by atoms with Crippen molar-refractivity contribution in [2.75, 3.05) is 13.1 Å². The highest BCUT2D eigenvalue weighted by atomic mass is 35.5. The molecule has 0 amide bonds. The maximum absolute atomic E-state index is 10.8. The Morgan fingerprint density at radius 2 is 2.10 bits per heavy atom. The Labute approximate surface area is 130 Å². The van der Waals surface area contributed by atoms with Crippen LogP contribution < -0.4 is 0 Å². The molecule has 0 bridgehead atoms. The number of carboxylic acids is 1. The fourth-order valence-electron chi connectivity index (χ4n) is 2.29. The zero-order valence-electron chi connectivity index (χ0n) is 10.9. The first-order valence-electron chi connectivity index (χ1n) is 6.34. The van der Waals surface area contributed by atoms with Gasteiger partial charge in [-0.3, -0.25) is 4.90 Å². The van der Waals surface area contributed by atoms with Crippen LogP contribution in [0, 0.1) is 0 Å². The van der Waals surface area contributed by atoms with Gasteiger partial charge in [0.05, 0.1) is 22.3 Å². The minimum Gasteiger partial charge on any atom is -0.476 e. The van der Waals surface area contributed by atoms with Gasteiger partial charge in [-0.05, 0) is 17.7 Å². The molecule has 21 heavy (non-hydrogen) atoms. The second kappa shape index (κ2) is 5.63. The monoisotopic (exact) mass is 326 g/mol. The van der Waals surface area contributed by atoms with Crippen LogP contribution in [0.5, 0.6) is 0 Å². The van der Waals surface area contributed by atoms with Gasteiger partial charge in [-0.25, -0.2) is 9.48 Å². The second-order valence-corrected chi connectivity index (χ2v) is 5.80. The maximum atomic E-state index is 10.8. The van der Waals surface area contributed by atoms with Crippen molar-refractivity contribution < 1.29 is 9.90 Å². The zero-order valence-corrected chi connectivity index (χ0v) is 12.4. The lowest BCUT2D eigenvalue weighted by atomic mass is 10.1. The summed E-state index contributed by atoms with van der Waals surface area (Å²) in [6, 6.07) is 5.75. The molecule has 2 aromatic rings. The Kier molecular flexibility index (Phi) is 3.84. The van der Waals surface area contributed by atoms with Gasteiger partial charge in [0.25, 0.3) is 0 Å². The molecule has 0 unspecified atom stereocenters. The van der Waals surface area contributed by atoms with Gasteiger partial charge in [0, 0.05) is 19.6 Å². The molecular formula is C13H12Cl2N4O2. The van der Waals surface area contributed by atoms with Crippen LogP contribution in [0.1, 0.15) is 22.1 Å². The quantitative estimate of drug-likeness (QED) is 0.933. The van der Waals surface area contributed by atoms with Gasteiger partial charge in [0.15, 0.2) is 5.69 Å². The predicted molar refractivity (Wildman–Crippen MR) is 77.8 cm³/mol. The van der Waals surface area contributed by atoms with E-state index in [9.17, 15) is 4.79 Å². The molecule has 0 radical (unpaired) electrons. The summed E-state index contributed by atoms with van der Waals surface area (Å²) in [7, 11) is 0. The number of likely N-dealkylation sites (tertiary alicyclic amines) is 1. The van der Waals surface area contributed by atoms with Gasteiger partial charge in [-0.2, -0.15) is 0 Å². The van der Waals surface area contributed by atoms with Crippen LogP contribution in [0.2, 0.25) is 10.0 Å². The van der Waals surface area contributed by atoms with Gasteiger partial charge in [0.1, 0.15) is 0 Å². The molecule has 1 aliphatic rings. The van der Waals surface area contributed by atoms with Crippen LogP contribution in [0.3, 0.4) is 0 Å². The molecule has 1 saturated heterocycles. The van der Waals surface area contributed by atoms with Crippen molar-refractivity contribution in [2.24, 2.45) is 0 Å². The predicted octanol–water partition coefficient (Wildman–Crippen LogP) is 2.34. The van der Waals surface area contributed by atoms with Crippen LogP contribution in [-0.4, -0.2) is 44.1 Å². The van der Waals surface area contributed by atoms with E-state index in [2.05, 4.69) is 15.2 Å². The van der Waals surface area contributed by atoms with Crippen LogP contribution in [0.4, 0.5) is 0 Å². The Morgan fingerprint density at radius 3 is 2.71 bits per heavy atom. The van der Waals surface area contributed by atoms with Crippen molar-refractivity contribution in [3.8, 4) is 0 Å². The number of carbonyl (C=O) groups is 1. The molecule has 1 aromatic heterocycles. The van der Waals surface area contributed by atoms with E-state index in [1.54, 1.807) is 10.7 Å². The van der Waals surface area contributed by atoms with E-state index in [0.717, 1.165) is 25.2 Å². The van der Waals surface area contributed by atoms with E-state index >= 15 is 0 Å². The van der Waals surface area contributed by atoms with E-state index in [1.807, 2.05) is 12.1 Å². The maximum Gasteiger partial charge on any atom is 0.358 e. The van der Waals surface area contributed by atoms with Crippen molar-refractivity contribution in [3.63, 3.8) is 0 Å². The van der Waals surface area contributed by atoms with E-state index in [0.29, 0.717) is 10.0 Å². The molecule has 0 atom stereocenters. The number of rotatable bonds is 4. The number of aromatic nitrogens is 3. The highest BCUT2D eigenvalue weighted by molar-refractivity contribution is 6.42. The number of halogens is 2. The lowest BCUT2D eigenvalue weighted by Crippen LogP contribution is -2.47. The first kappa shape index (κ1) is 14.3. The number of aromatic carboxylic acids is 1. The van der Waals surface area contributed by atoms with Gasteiger partial charge in [0.2, 0.25) is 0 Å². The average Bonchev–Trinajstić information content (AvgIpc) is 2.87. The summed E-state index contributed by atoms with van der Waals surface area (Å²) in [6.45, 7) is 2.36. The first-order valence-corrected chi connectivity index (χ1v) is 7.10. The number of benzene rings is 1. The molecule has 0 spiro atoms. The van der Waals surface area contributed by atoms with Gasteiger partial charge in [-0.15, -0.1) is 5.10 Å². The summed E-state index contributed by atoms with van der Waals surface area (Å²) in [5.74, 6) is -1.06. The summed E-state index contributed by atoms with van der Waals surface area (Å²) in [5, 5.41) is 17.4. The van der Waals surface area contributed by atoms with Gasteiger partial charge >= 0.3 is 5.97 Å². The van der Waals surface area contributed by atoms with E-state index < -0.39 is 5.97 Å². The van der Waals surface area contributed by atoms with Crippen molar-refractivity contribution >= 4 is 29.2 Å². The smallest absolute Gasteiger partial charge is 0.358 e. The van der Waals surface area contributed by atoms with Gasteiger partial charge < -0.3 is 5.11 Å². The van der Waals surface area contributed by atoms with Crippen molar-refractivity contribution in [3.05, 3.63) is 45.7 Å². The highest BCUT2D eigenvalue weighted by Gasteiger charge is 2.29. The van der Waals surface area contributed by atoms with Gasteiger partial charge in [-0.1, -0.05) is 34.5 Å². The van der Waals surface area contributed by atoms with Crippen LogP contribution >= 0.6 is 23.2 Å².